The number of guanidine groups is 1. The van der Waals surface area contributed by atoms with Crippen LogP contribution in [0.25, 0.3) is 0 Å². The molecule has 1 amide bonds. The maximum absolute atomic E-state index is 11.4. The number of alkyl carbamates (subject to hydrolysis) is 1. The fourth-order valence-electron chi connectivity index (χ4n) is 1.37. The number of nitrogens with zero attached hydrogens (tertiary/aromatic N) is 1. The monoisotopic (exact) mass is 286 g/mol. The van der Waals surface area contributed by atoms with Crippen molar-refractivity contribution in [3.8, 4) is 0 Å². The van der Waals surface area contributed by atoms with E-state index < -0.39 is 5.60 Å². The Morgan fingerprint density at radius 2 is 1.90 bits per heavy atom. The van der Waals surface area contributed by atoms with Crippen LogP contribution < -0.4 is 16.0 Å². The summed E-state index contributed by atoms with van der Waals surface area (Å²) in [6.45, 7) is 13.7. The molecule has 0 bridgehead atoms. The predicted octanol–water partition coefficient (Wildman–Crippen LogP) is 1.86. The van der Waals surface area contributed by atoms with Crippen LogP contribution in [0.3, 0.4) is 0 Å². The molecular weight excluding hydrogens is 256 g/mol. The second-order valence-corrected chi connectivity index (χ2v) is 5.84. The molecule has 0 radical (unpaired) electrons. The van der Waals surface area contributed by atoms with Gasteiger partial charge in [0.2, 0.25) is 0 Å². The Kier molecular flexibility index (Phi) is 8.76. The maximum atomic E-state index is 11.4. The highest BCUT2D eigenvalue weighted by Crippen LogP contribution is 2.06. The smallest absolute Gasteiger partial charge is 0.407 e. The number of carbonyl (C=O) groups excluding carboxylic acids is 1. The van der Waals surface area contributed by atoms with Crippen molar-refractivity contribution in [1.82, 2.24) is 16.0 Å². The van der Waals surface area contributed by atoms with Crippen LogP contribution in [0, 0.1) is 0 Å². The molecule has 0 aromatic rings. The van der Waals surface area contributed by atoms with Gasteiger partial charge in [0.15, 0.2) is 5.96 Å². The van der Waals surface area contributed by atoms with Crippen molar-refractivity contribution in [1.29, 1.82) is 0 Å². The summed E-state index contributed by atoms with van der Waals surface area (Å²) in [5.74, 6) is 0.805. The van der Waals surface area contributed by atoms with Crippen LogP contribution in [0.2, 0.25) is 0 Å². The van der Waals surface area contributed by atoms with E-state index in [1.54, 1.807) is 0 Å². The lowest BCUT2D eigenvalue weighted by molar-refractivity contribution is 0.0527. The van der Waals surface area contributed by atoms with Crippen molar-refractivity contribution in [2.45, 2.75) is 59.6 Å². The van der Waals surface area contributed by atoms with E-state index in [0.29, 0.717) is 19.1 Å². The molecule has 0 aromatic carbocycles. The Morgan fingerprint density at radius 3 is 2.40 bits per heavy atom. The summed E-state index contributed by atoms with van der Waals surface area (Å²) >= 11 is 0. The first-order chi connectivity index (χ1) is 9.24. The number of hydrogen-bond donors (Lipinski definition) is 3. The first-order valence-corrected chi connectivity index (χ1v) is 7.26. The predicted molar refractivity (Wildman–Crippen MR) is 83.1 cm³/mol. The average Bonchev–Trinajstić information content (AvgIpc) is 2.25. The number of carbonyl (C=O) groups is 1. The highest BCUT2D eigenvalue weighted by Gasteiger charge is 2.15. The highest BCUT2D eigenvalue weighted by molar-refractivity contribution is 5.79. The van der Waals surface area contributed by atoms with E-state index in [2.05, 4.69) is 34.8 Å². The zero-order chi connectivity index (χ0) is 15.6. The molecule has 0 saturated carbocycles. The van der Waals surface area contributed by atoms with Crippen LogP contribution in [0.1, 0.15) is 48.0 Å². The minimum atomic E-state index is -0.457. The van der Waals surface area contributed by atoms with E-state index in [1.807, 2.05) is 27.7 Å². The van der Waals surface area contributed by atoms with Gasteiger partial charge in [-0.15, -0.1) is 0 Å². The lowest BCUT2D eigenvalue weighted by Crippen LogP contribution is -2.41. The first-order valence-electron chi connectivity index (χ1n) is 7.26. The molecule has 0 fully saturated rings. The summed E-state index contributed by atoms with van der Waals surface area (Å²) in [5.41, 5.74) is -0.457. The second-order valence-electron chi connectivity index (χ2n) is 5.84. The number of nitrogens with one attached hydrogen (secondary N) is 3. The third-order valence-corrected chi connectivity index (χ3v) is 2.04. The minimum absolute atomic E-state index is 0.340. The quantitative estimate of drug-likeness (QED) is 0.396. The Labute approximate surface area is 122 Å². The van der Waals surface area contributed by atoms with Crippen LogP contribution in [0.15, 0.2) is 4.99 Å². The van der Waals surface area contributed by atoms with Crippen molar-refractivity contribution in [2.75, 3.05) is 19.6 Å². The van der Waals surface area contributed by atoms with Crippen LogP contribution in [-0.2, 0) is 4.74 Å². The van der Waals surface area contributed by atoms with Gasteiger partial charge in [-0.25, -0.2) is 4.79 Å². The standard InChI is InChI=1S/C14H30N4O2/c1-7-15-12(18-11(2)3)16-9-8-10-17-13(19)20-14(4,5)6/h11H,7-10H2,1-6H3,(H,17,19)(H2,15,16,18). The van der Waals surface area contributed by atoms with Gasteiger partial charge >= 0.3 is 6.09 Å². The van der Waals surface area contributed by atoms with Crippen molar-refractivity contribution < 1.29 is 9.53 Å². The molecule has 0 aromatic heterocycles. The largest absolute Gasteiger partial charge is 0.444 e. The molecule has 6 heteroatoms. The van der Waals surface area contributed by atoms with E-state index in [-0.39, 0.29) is 6.09 Å². The molecule has 118 valence electrons. The van der Waals surface area contributed by atoms with E-state index >= 15 is 0 Å². The number of amides is 1. The van der Waals surface area contributed by atoms with Crippen LogP contribution in [0.5, 0.6) is 0 Å². The zero-order valence-electron chi connectivity index (χ0n) is 13.7. The Morgan fingerprint density at radius 1 is 1.25 bits per heavy atom. The second kappa shape index (κ2) is 9.44. The molecular formula is C14H30N4O2. The van der Waals surface area contributed by atoms with E-state index in [1.165, 1.54) is 0 Å². The minimum Gasteiger partial charge on any atom is -0.444 e. The summed E-state index contributed by atoms with van der Waals surface area (Å²) in [6, 6.07) is 0.340. The van der Waals surface area contributed by atoms with E-state index in [9.17, 15) is 4.79 Å². The number of aliphatic imine (C=N–C) groups is 1. The van der Waals surface area contributed by atoms with Crippen LogP contribution in [-0.4, -0.2) is 43.3 Å². The molecule has 3 N–H and O–H groups in total. The molecule has 0 aliphatic heterocycles. The number of hydrogen-bond acceptors (Lipinski definition) is 3. The molecule has 0 rings (SSSR count). The SMILES string of the molecule is CCNC(=NCCCNC(=O)OC(C)(C)C)NC(C)C. The fraction of sp³-hybridized carbons (Fsp3) is 0.857. The third kappa shape index (κ3) is 11.6. The van der Waals surface area contributed by atoms with Gasteiger partial charge in [-0.2, -0.15) is 0 Å². The molecule has 0 unspecified atom stereocenters. The lowest BCUT2D eigenvalue weighted by Gasteiger charge is -2.19. The fourth-order valence-corrected chi connectivity index (χ4v) is 1.37. The molecule has 0 spiro atoms. The number of ether oxygens (including phenoxy) is 1. The summed E-state index contributed by atoms with van der Waals surface area (Å²) in [4.78, 5) is 15.8. The topological polar surface area (TPSA) is 74.8 Å². The van der Waals surface area contributed by atoms with Crippen molar-refractivity contribution in [3.63, 3.8) is 0 Å². The van der Waals surface area contributed by atoms with Gasteiger partial charge in [0.25, 0.3) is 0 Å². The average molecular weight is 286 g/mol. The molecule has 20 heavy (non-hydrogen) atoms. The first kappa shape index (κ1) is 18.5. The van der Waals surface area contributed by atoms with Gasteiger partial charge < -0.3 is 20.7 Å². The van der Waals surface area contributed by atoms with Crippen LogP contribution >= 0.6 is 0 Å². The summed E-state index contributed by atoms with van der Waals surface area (Å²) in [7, 11) is 0. The van der Waals surface area contributed by atoms with Gasteiger partial charge in [0.1, 0.15) is 5.60 Å². The molecule has 0 aliphatic rings. The molecule has 0 atom stereocenters. The van der Waals surface area contributed by atoms with E-state index in [4.69, 9.17) is 4.74 Å². The summed E-state index contributed by atoms with van der Waals surface area (Å²) in [6.07, 6.45) is 0.391. The van der Waals surface area contributed by atoms with Crippen molar-refractivity contribution in [3.05, 3.63) is 0 Å². The van der Waals surface area contributed by atoms with Gasteiger partial charge in [-0.3, -0.25) is 4.99 Å². The van der Waals surface area contributed by atoms with Gasteiger partial charge in [0.05, 0.1) is 0 Å². The molecule has 0 saturated heterocycles. The van der Waals surface area contributed by atoms with Crippen molar-refractivity contribution >= 4 is 12.1 Å². The zero-order valence-corrected chi connectivity index (χ0v) is 13.7. The van der Waals surface area contributed by atoms with Gasteiger partial charge in [-0.05, 0) is 48.0 Å². The maximum Gasteiger partial charge on any atom is 0.407 e. The Balaban J connectivity index is 3.89. The Bertz CT molecular complexity index is 309. The normalized spacial score (nSPS) is 12.2. The highest BCUT2D eigenvalue weighted by atomic mass is 16.6. The van der Waals surface area contributed by atoms with Gasteiger partial charge in [0, 0.05) is 25.7 Å². The van der Waals surface area contributed by atoms with E-state index in [0.717, 1.165) is 18.9 Å². The summed E-state index contributed by atoms with van der Waals surface area (Å²) in [5, 5.41) is 9.12. The molecule has 0 aliphatic carbocycles. The number of rotatable bonds is 6. The molecule has 6 nitrogen and oxygen atoms in total. The van der Waals surface area contributed by atoms with Crippen molar-refractivity contribution in [2.24, 2.45) is 4.99 Å². The van der Waals surface area contributed by atoms with Crippen LogP contribution in [0.4, 0.5) is 4.79 Å². The lowest BCUT2D eigenvalue weighted by atomic mass is 10.2. The summed E-state index contributed by atoms with van der Waals surface area (Å²) < 4.78 is 5.15. The molecule has 0 heterocycles. The van der Waals surface area contributed by atoms with Gasteiger partial charge in [-0.1, -0.05) is 0 Å². The third-order valence-electron chi connectivity index (χ3n) is 2.04. The Hall–Kier alpha value is -1.46.